The molecule has 4 N–H and O–H groups in total. The minimum atomic E-state index is -3.31. The van der Waals surface area contributed by atoms with Gasteiger partial charge in [-0.3, -0.25) is 19.2 Å². The number of aliphatic hydroxyl groups excluding tert-OH is 2. The maximum absolute atomic E-state index is 14.6. The first-order valence-corrected chi connectivity index (χ1v) is 21.9. The van der Waals surface area contributed by atoms with Crippen molar-refractivity contribution in [3.05, 3.63) is 0 Å². The Morgan fingerprint density at radius 3 is 1.72 bits per heavy atom. The topological polar surface area (TPSA) is 214 Å². The summed E-state index contributed by atoms with van der Waals surface area (Å²) in [6.45, 7) is 14.5. The molecule has 2 unspecified atom stereocenters. The number of unbranched alkanes of at least 4 members (excludes halogenated alkanes) is 10. The Balaban J connectivity index is 2.19. The molecule has 15 nitrogen and oxygen atoms in total. The van der Waals surface area contributed by atoms with Crippen molar-refractivity contribution in [1.82, 2.24) is 0 Å². The summed E-state index contributed by atoms with van der Waals surface area (Å²) in [5, 5.41) is 49.4. The largest absolute Gasteiger partial charge is 0.453 e. The fourth-order valence-corrected chi connectivity index (χ4v) is 8.04. The lowest BCUT2D eigenvalue weighted by Crippen LogP contribution is -2.82. The Labute approximate surface area is 345 Å². The highest BCUT2D eigenvalue weighted by molar-refractivity contribution is 6.01. The lowest BCUT2D eigenvalue weighted by molar-refractivity contribution is -0.377. The molecule has 0 aromatic carbocycles. The van der Waals surface area contributed by atoms with Crippen molar-refractivity contribution in [3.8, 4) is 0 Å². The Morgan fingerprint density at radius 1 is 0.655 bits per heavy atom. The average Bonchev–Trinajstić information content (AvgIpc) is 3.71. The molecule has 15 heteroatoms. The molecular formula is C43H74O15. The molecule has 3 aliphatic heterocycles. The van der Waals surface area contributed by atoms with Gasteiger partial charge in [0, 0.05) is 25.7 Å². The van der Waals surface area contributed by atoms with Crippen LogP contribution < -0.4 is 0 Å². The molecule has 0 saturated carbocycles. The maximum atomic E-state index is 14.6. The molecule has 3 aliphatic rings. The summed E-state index contributed by atoms with van der Waals surface area (Å²) in [7, 11) is 0. The average molecular weight is 831 g/mol. The van der Waals surface area contributed by atoms with Gasteiger partial charge in [0.15, 0.2) is 46.9 Å². The minimum absolute atomic E-state index is 0.0757. The minimum Gasteiger partial charge on any atom is -0.453 e. The third-order valence-corrected chi connectivity index (χ3v) is 11.3. The number of esters is 1. The van der Waals surface area contributed by atoms with E-state index in [1.54, 1.807) is 27.7 Å². The molecule has 3 rings (SSSR count). The monoisotopic (exact) mass is 831 g/mol. The van der Waals surface area contributed by atoms with E-state index in [4.69, 9.17) is 33.2 Å². The van der Waals surface area contributed by atoms with Crippen LogP contribution in [0.4, 0.5) is 0 Å². The van der Waals surface area contributed by atoms with Gasteiger partial charge in [-0.1, -0.05) is 91.9 Å². The van der Waals surface area contributed by atoms with E-state index in [0.717, 1.165) is 25.7 Å². The first kappa shape index (κ1) is 50.4. The third-order valence-electron chi connectivity index (χ3n) is 11.3. The molecule has 0 spiro atoms. The van der Waals surface area contributed by atoms with E-state index in [0.29, 0.717) is 51.4 Å². The number of hydrogen-bond acceptors (Lipinski definition) is 15. The van der Waals surface area contributed by atoms with Crippen molar-refractivity contribution in [1.29, 1.82) is 0 Å². The fraction of sp³-hybridized carbons (Fsp3) is 0.907. The Hall–Kier alpha value is -1.92. The van der Waals surface area contributed by atoms with Crippen molar-refractivity contribution in [2.24, 2.45) is 0 Å². The SMILES string of the molecule is CCCCCCCC(=O)O[C@@H]1[C@H](OC(O)[C@@H]2OC(C)(C)O[C@@H]2[C@@H]2COC(C)(C)O2)O[C@H](C(O)C(=O)CCCCC)[C@](O)(C(=O)CCCCC)[C@@]1(O)C(=O)CCCCC. The molecule has 10 atom stereocenters. The summed E-state index contributed by atoms with van der Waals surface area (Å²) >= 11 is 0. The Kier molecular flexibility index (Phi) is 19.8. The molecule has 336 valence electrons. The highest BCUT2D eigenvalue weighted by Crippen LogP contribution is 2.46. The number of hydrogen-bond donors (Lipinski definition) is 4. The first-order valence-electron chi connectivity index (χ1n) is 21.9. The molecule has 0 aromatic heterocycles. The molecule has 0 radical (unpaired) electrons. The normalized spacial score (nSPS) is 31.5. The van der Waals surface area contributed by atoms with Crippen LogP contribution in [-0.4, -0.2) is 122 Å². The standard InChI is InChI=1S/C43H74O15/c1-9-13-17-18-22-26-32(47)53-37-39(55-38(49)35-34(57-41(7,8)58-35)29-27-52-40(5,6)56-29)54-36(33(48)28(44)23-19-14-10-2)42(50,30(45)24-20-15-11-3)43(37,51)31(46)25-21-16-12-4/h29,33-39,48-51H,9-27H2,1-8H3/t29-,33?,34+,35+,36+,37+,38?,39-,42+,43+/m0/s1. The van der Waals surface area contributed by atoms with Gasteiger partial charge in [0.1, 0.15) is 30.5 Å². The number of carbonyl (C=O) groups is 4. The number of aliphatic hydroxyl groups is 4. The smallest absolute Gasteiger partial charge is 0.306 e. The van der Waals surface area contributed by atoms with E-state index in [1.165, 1.54) is 0 Å². The van der Waals surface area contributed by atoms with Gasteiger partial charge in [0.25, 0.3) is 0 Å². The highest BCUT2D eigenvalue weighted by Gasteiger charge is 2.74. The third kappa shape index (κ3) is 12.6. The number of ketones is 3. The maximum Gasteiger partial charge on any atom is 0.306 e. The summed E-state index contributed by atoms with van der Waals surface area (Å²) < 4.78 is 42.1. The van der Waals surface area contributed by atoms with Gasteiger partial charge in [-0.25, -0.2) is 0 Å². The number of ether oxygens (including phenoxy) is 7. The van der Waals surface area contributed by atoms with Gasteiger partial charge >= 0.3 is 5.97 Å². The summed E-state index contributed by atoms with van der Waals surface area (Å²) in [4.78, 5) is 56.3. The number of carbonyl (C=O) groups excluding carboxylic acids is 4. The van der Waals surface area contributed by atoms with Crippen LogP contribution in [0, 0.1) is 0 Å². The second kappa shape index (κ2) is 22.8. The van der Waals surface area contributed by atoms with E-state index in [9.17, 15) is 39.6 Å². The molecular weight excluding hydrogens is 756 g/mol. The van der Waals surface area contributed by atoms with Crippen LogP contribution in [0.15, 0.2) is 0 Å². The van der Waals surface area contributed by atoms with E-state index in [-0.39, 0.29) is 45.1 Å². The van der Waals surface area contributed by atoms with E-state index in [1.807, 2.05) is 20.8 Å². The summed E-state index contributed by atoms with van der Waals surface area (Å²) in [6, 6.07) is 0. The van der Waals surface area contributed by atoms with E-state index < -0.39 is 95.3 Å². The van der Waals surface area contributed by atoms with Crippen LogP contribution >= 0.6 is 0 Å². The van der Waals surface area contributed by atoms with Gasteiger partial charge < -0.3 is 53.6 Å². The molecule has 0 bridgehead atoms. The highest BCUT2D eigenvalue weighted by atomic mass is 16.8. The summed E-state index contributed by atoms with van der Waals surface area (Å²) in [5.41, 5.74) is -6.60. The molecule has 3 fully saturated rings. The zero-order chi connectivity index (χ0) is 43.3. The van der Waals surface area contributed by atoms with E-state index in [2.05, 4.69) is 6.92 Å². The molecule has 58 heavy (non-hydrogen) atoms. The second-order valence-electron chi connectivity index (χ2n) is 17.1. The van der Waals surface area contributed by atoms with Gasteiger partial charge in [-0.2, -0.15) is 0 Å². The van der Waals surface area contributed by atoms with Crippen molar-refractivity contribution < 1.29 is 72.8 Å². The van der Waals surface area contributed by atoms with Gasteiger partial charge in [0.2, 0.25) is 11.9 Å². The van der Waals surface area contributed by atoms with Crippen molar-refractivity contribution >= 4 is 23.3 Å². The van der Waals surface area contributed by atoms with Crippen molar-refractivity contribution in [2.75, 3.05) is 6.61 Å². The Bertz CT molecular complexity index is 1320. The lowest BCUT2D eigenvalue weighted by Gasteiger charge is -2.55. The van der Waals surface area contributed by atoms with Crippen molar-refractivity contribution in [2.45, 2.75) is 243 Å². The predicted octanol–water partition coefficient (Wildman–Crippen LogP) is 5.26. The van der Waals surface area contributed by atoms with Crippen LogP contribution in [0.1, 0.15) is 171 Å². The quantitative estimate of drug-likeness (QED) is 0.0472. The van der Waals surface area contributed by atoms with Gasteiger partial charge in [-0.05, 0) is 53.4 Å². The van der Waals surface area contributed by atoms with Crippen LogP contribution in [0.2, 0.25) is 0 Å². The van der Waals surface area contributed by atoms with Crippen LogP contribution in [-0.2, 0) is 52.3 Å². The molecule has 3 saturated heterocycles. The molecule has 0 amide bonds. The van der Waals surface area contributed by atoms with Crippen LogP contribution in [0.25, 0.3) is 0 Å². The zero-order valence-corrected chi connectivity index (χ0v) is 36.3. The van der Waals surface area contributed by atoms with Gasteiger partial charge in [-0.15, -0.1) is 0 Å². The molecule has 3 heterocycles. The number of Topliss-reactive ketones (excluding diaryl/α,β-unsaturated/α-hetero) is 3. The molecule has 0 aromatic rings. The molecule has 0 aliphatic carbocycles. The van der Waals surface area contributed by atoms with Crippen LogP contribution in [0.3, 0.4) is 0 Å². The van der Waals surface area contributed by atoms with Crippen molar-refractivity contribution in [3.63, 3.8) is 0 Å². The Morgan fingerprint density at radius 2 is 1.17 bits per heavy atom. The second-order valence-corrected chi connectivity index (χ2v) is 17.1. The van der Waals surface area contributed by atoms with Gasteiger partial charge in [0.05, 0.1) is 6.61 Å². The zero-order valence-electron chi connectivity index (χ0n) is 36.3. The first-order chi connectivity index (χ1) is 27.3. The summed E-state index contributed by atoms with van der Waals surface area (Å²) in [5.74, 6) is -6.09. The lowest BCUT2D eigenvalue weighted by atomic mass is 9.64. The summed E-state index contributed by atoms with van der Waals surface area (Å²) in [6.07, 6.45) is -6.39. The van der Waals surface area contributed by atoms with Crippen LogP contribution in [0.5, 0.6) is 0 Å². The number of rotatable bonds is 27. The fourth-order valence-electron chi connectivity index (χ4n) is 8.04. The predicted molar refractivity (Wildman–Crippen MR) is 211 cm³/mol. The van der Waals surface area contributed by atoms with E-state index >= 15 is 0 Å².